The molecule has 1 aromatic carbocycles. The van der Waals surface area contributed by atoms with E-state index in [0.29, 0.717) is 11.5 Å². The zero-order valence-electron chi connectivity index (χ0n) is 12.3. The Hall–Kier alpha value is -0.360. The maximum atomic E-state index is 10.5. The van der Waals surface area contributed by atoms with E-state index in [4.69, 9.17) is 18.6 Å². The Bertz CT molecular complexity index is 572. The minimum atomic E-state index is -4.06. The molecule has 0 atom stereocenters. The molecule has 1 rings (SSSR count). The van der Waals surface area contributed by atoms with Gasteiger partial charge in [0.15, 0.2) is 0 Å². The summed E-state index contributed by atoms with van der Waals surface area (Å²) >= 11 is 0. The Morgan fingerprint density at radius 1 is 0.810 bits per heavy atom. The molecule has 0 aliphatic carbocycles. The molecule has 0 fully saturated rings. The van der Waals surface area contributed by atoms with E-state index in [-0.39, 0.29) is 44.2 Å². The van der Waals surface area contributed by atoms with Crippen LogP contribution in [0.4, 0.5) is 0 Å². The summed E-state index contributed by atoms with van der Waals surface area (Å²) in [6, 6.07) is 5.97. The van der Waals surface area contributed by atoms with Crippen LogP contribution in [0.1, 0.15) is 1.43 Å². The van der Waals surface area contributed by atoms with E-state index in [2.05, 4.69) is 0 Å². The van der Waals surface area contributed by atoms with Crippen LogP contribution >= 0.6 is 0 Å². The smallest absolute Gasteiger partial charge is 1.00 e. The fraction of sp³-hybridized carbons (Fsp3) is 0.400. The topological polar surface area (TPSA) is 127 Å². The average Bonchev–Trinajstić information content (AvgIpc) is 2.28. The standard InChI is InChI=1S/C10H14O8S2.Na.H/c11-19(12,13)7-5-17-9-1-2-10(4-3-9)18-6-8-20(14,15)16;;/h1-4H,5-8H2,(H,11,12,13)(H,14,15,16);;/q;+1;-1. The third kappa shape index (κ3) is 10.9. The van der Waals surface area contributed by atoms with Crippen molar-refractivity contribution in [3.63, 3.8) is 0 Å². The van der Waals surface area contributed by atoms with Gasteiger partial charge >= 0.3 is 29.6 Å². The first kappa shape index (κ1) is 20.6. The van der Waals surface area contributed by atoms with E-state index in [1.165, 1.54) is 24.3 Å². The van der Waals surface area contributed by atoms with Gasteiger partial charge in [-0.15, -0.1) is 0 Å². The van der Waals surface area contributed by atoms with Crippen LogP contribution in [0.3, 0.4) is 0 Å². The normalized spacial score (nSPS) is 11.5. The van der Waals surface area contributed by atoms with Crippen molar-refractivity contribution in [2.45, 2.75) is 0 Å². The second-order valence-electron chi connectivity index (χ2n) is 3.74. The van der Waals surface area contributed by atoms with E-state index >= 15 is 0 Å². The number of hydrogen-bond acceptors (Lipinski definition) is 6. The molecule has 116 valence electrons. The van der Waals surface area contributed by atoms with Crippen LogP contribution in [-0.2, 0) is 20.2 Å². The number of ether oxygens (including phenoxy) is 2. The third-order valence-corrected chi connectivity index (χ3v) is 3.41. The second kappa shape index (κ2) is 8.93. The molecular weight excluding hydrogens is 335 g/mol. The monoisotopic (exact) mass is 350 g/mol. The van der Waals surface area contributed by atoms with E-state index in [9.17, 15) is 16.8 Å². The van der Waals surface area contributed by atoms with E-state index in [0.717, 1.165) is 0 Å². The first-order valence-electron chi connectivity index (χ1n) is 5.42. The van der Waals surface area contributed by atoms with Crippen molar-refractivity contribution in [2.75, 3.05) is 24.7 Å². The molecule has 0 aliphatic heterocycles. The molecule has 11 heteroatoms. The molecule has 0 heterocycles. The third-order valence-electron chi connectivity index (χ3n) is 2.04. The van der Waals surface area contributed by atoms with Crippen molar-refractivity contribution in [3.8, 4) is 11.5 Å². The maximum absolute atomic E-state index is 10.5. The number of benzene rings is 1. The zero-order chi connectivity index (χ0) is 15.2. The van der Waals surface area contributed by atoms with Crippen molar-refractivity contribution in [2.24, 2.45) is 0 Å². The quantitative estimate of drug-likeness (QED) is 0.384. The average molecular weight is 350 g/mol. The summed E-state index contributed by atoms with van der Waals surface area (Å²) in [7, 11) is -8.12. The van der Waals surface area contributed by atoms with E-state index in [1.807, 2.05) is 0 Å². The van der Waals surface area contributed by atoms with Gasteiger partial charge in [0, 0.05) is 0 Å². The summed E-state index contributed by atoms with van der Waals surface area (Å²) in [5, 5.41) is 0. The Morgan fingerprint density at radius 2 is 1.10 bits per heavy atom. The Balaban J connectivity index is 0. The van der Waals surface area contributed by atoms with Crippen LogP contribution in [0, 0.1) is 0 Å². The van der Waals surface area contributed by atoms with Crippen LogP contribution in [0.25, 0.3) is 0 Å². The first-order chi connectivity index (χ1) is 9.16. The molecule has 0 bridgehead atoms. The largest absolute Gasteiger partial charge is 1.00 e. The van der Waals surface area contributed by atoms with Crippen LogP contribution in [0.5, 0.6) is 11.5 Å². The molecule has 1 aromatic rings. The SMILES string of the molecule is O=S(=O)(O)CCOc1ccc(OCCS(=O)(=O)O)cc1.[H-].[Na+]. The van der Waals surface area contributed by atoms with Gasteiger partial charge in [0.2, 0.25) is 0 Å². The summed E-state index contributed by atoms with van der Waals surface area (Å²) in [6.45, 7) is -0.385. The molecule has 0 radical (unpaired) electrons. The molecule has 2 N–H and O–H groups in total. The molecular formula is C10H15NaO8S2. The van der Waals surface area contributed by atoms with Gasteiger partial charge in [0.05, 0.1) is 0 Å². The number of hydrogen-bond donors (Lipinski definition) is 2. The van der Waals surface area contributed by atoms with Crippen LogP contribution in [0.15, 0.2) is 24.3 Å². The molecule has 0 unspecified atom stereocenters. The zero-order valence-corrected chi connectivity index (χ0v) is 14.9. The maximum Gasteiger partial charge on any atom is 1.00 e. The van der Waals surface area contributed by atoms with Crippen LogP contribution in [0.2, 0.25) is 0 Å². The molecule has 0 amide bonds. The minimum absolute atomic E-state index is 0. The van der Waals surface area contributed by atoms with Gasteiger partial charge in [-0.05, 0) is 24.3 Å². The van der Waals surface area contributed by atoms with Gasteiger partial charge in [0.25, 0.3) is 20.2 Å². The fourth-order valence-corrected chi connectivity index (χ4v) is 1.75. The predicted octanol–water partition coefficient (Wildman–Crippen LogP) is -2.66. The van der Waals surface area contributed by atoms with E-state index < -0.39 is 31.7 Å². The molecule has 8 nitrogen and oxygen atoms in total. The Morgan fingerprint density at radius 3 is 1.33 bits per heavy atom. The van der Waals surface area contributed by atoms with Gasteiger partial charge in [-0.3, -0.25) is 9.11 Å². The summed E-state index contributed by atoms with van der Waals surface area (Å²) in [4.78, 5) is 0. The van der Waals surface area contributed by atoms with Gasteiger partial charge in [-0.25, -0.2) is 0 Å². The van der Waals surface area contributed by atoms with Gasteiger partial charge < -0.3 is 10.9 Å². The first-order valence-corrected chi connectivity index (χ1v) is 8.63. The summed E-state index contributed by atoms with van der Waals surface area (Å²) < 4.78 is 69.0. The van der Waals surface area contributed by atoms with Gasteiger partial charge in [-0.2, -0.15) is 16.8 Å². The molecule has 0 spiro atoms. The molecule has 21 heavy (non-hydrogen) atoms. The number of rotatable bonds is 8. The molecule has 0 aliphatic rings. The molecule has 0 saturated heterocycles. The van der Waals surface area contributed by atoms with Gasteiger partial charge in [0.1, 0.15) is 36.2 Å². The predicted molar refractivity (Wildman–Crippen MR) is 71.4 cm³/mol. The summed E-state index contributed by atoms with van der Waals surface area (Å²) in [5.74, 6) is -0.286. The van der Waals surface area contributed by atoms with Crippen molar-refractivity contribution < 1.29 is 66.4 Å². The Labute approximate surface area is 146 Å². The summed E-state index contributed by atoms with van der Waals surface area (Å²) in [5.41, 5.74) is 0. The van der Waals surface area contributed by atoms with Crippen molar-refractivity contribution in [1.82, 2.24) is 0 Å². The second-order valence-corrected chi connectivity index (χ2v) is 6.88. The summed E-state index contributed by atoms with van der Waals surface area (Å²) in [6.07, 6.45) is 0. The van der Waals surface area contributed by atoms with Crippen molar-refractivity contribution in [3.05, 3.63) is 24.3 Å². The van der Waals surface area contributed by atoms with Crippen LogP contribution in [-0.4, -0.2) is 50.7 Å². The molecule has 0 aromatic heterocycles. The van der Waals surface area contributed by atoms with Gasteiger partial charge in [-0.1, -0.05) is 0 Å². The van der Waals surface area contributed by atoms with Crippen molar-refractivity contribution in [1.29, 1.82) is 0 Å². The van der Waals surface area contributed by atoms with Crippen LogP contribution < -0.4 is 39.0 Å². The molecule has 0 saturated carbocycles. The van der Waals surface area contributed by atoms with Crippen molar-refractivity contribution >= 4 is 20.2 Å². The fourth-order valence-electron chi connectivity index (χ4n) is 1.16. The minimum Gasteiger partial charge on any atom is -1.00 e. The van der Waals surface area contributed by atoms with E-state index in [1.54, 1.807) is 0 Å². The Kier molecular flexibility index (Phi) is 8.78.